The van der Waals surface area contributed by atoms with E-state index >= 15 is 8.78 Å². The first-order valence-electron chi connectivity index (χ1n) is 11.6. The van der Waals surface area contributed by atoms with Crippen LogP contribution in [0, 0.1) is 17.6 Å². The van der Waals surface area contributed by atoms with E-state index in [0.717, 1.165) is 12.1 Å². The van der Waals surface area contributed by atoms with Crippen molar-refractivity contribution in [2.75, 3.05) is 6.61 Å². The number of nitrogens with zero attached hydrogens (tertiary/aromatic N) is 2. The van der Waals surface area contributed by atoms with E-state index in [1.807, 2.05) is 13.8 Å². The summed E-state index contributed by atoms with van der Waals surface area (Å²) in [5, 5.41) is 16.6. The summed E-state index contributed by atoms with van der Waals surface area (Å²) in [6.45, 7) is 10.2. The third-order valence-corrected chi connectivity index (χ3v) is 6.35. The summed E-state index contributed by atoms with van der Waals surface area (Å²) in [6.07, 6.45) is 4.78. The van der Waals surface area contributed by atoms with Crippen LogP contribution in [0.2, 0.25) is 0 Å². The van der Waals surface area contributed by atoms with Crippen LogP contribution in [0.3, 0.4) is 0 Å². The van der Waals surface area contributed by atoms with Crippen LogP contribution in [-0.4, -0.2) is 28.2 Å². The zero-order chi connectivity index (χ0) is 26.7. The molecule has 1 heterocycles. The van der Waals surface area contributed by atoms with Crippen molar-refractivity contribution in [3.63, 3.8) is 0 Å². The summed E-state index contributed by atoms with van der Waals surface area (Å²) < 4.78 is 49.6. The molecule has 0 radical (unpaired) electrons. The Morgan fingerprint density at radius 1 is 1.17 bits per heavy atom. The van der Waals surface area contributed by atoms with Gasteiger partial charge in [0.05, 0.1) is 12.3 Å². The number of rotatable bonds is 9. The molecule has 0 spiro atoms. The van der Waals surface area contributed by atoms with Crippen molar-refractivity contribution in [2.45, 2.75) is 45.4 Å². The molecule has 2 atom stereocenters. The molecule has 2 aromatic carbocycles. The molecule has 1 aliphatic heterocycles. The molecule has 0 saturated carbocycles. The monoisotopic (exact) mass is 499 g/mol. The lowest BCUT2D eigenvalue weighted by Gasteiger charge is -2.36. The number of amidine groups is 1. The largest absolute Gasteiger partial charge is 0.490 e. The van der Waals surface area contributed by atoms with Gasteiger partial charge in [-0.05, 0) is 55.3 Å². The second-order valence-electron chi connectivity index (χ2n) is 9.42. The summed E-state index contributed by atoms with van der Waals surface area (Å²) in [5.41, 5.74) is 3.47. The van der Waals surface area contributed by atoms with Gasteiger partial charge in [-0.3, -0.25) is 0 Å². The fourth-order valence-electron chi connectivity index (χ4n) is 3.56. The molecular weight excluding hydrogens is 467 g/mol. The first-order chi connectivity index (χ1) is 16.8. The highest BCUT2D eigenvalue weighted by atomic mass is 19.1. The highest BCUT2D eigenvalue weighted by Crippen LogP contribution is 2.39. The Morgan fingerprint density at radius 2 is 1.83 bits per heavy atom. The first kappa shape index (κ1) is 27.1. The molecule has 0 amide bonds. The second-order valence-corrected chi connectivity index (χ2v) is 9.42. The smallest absolute Gasteiger partial charge is 0.172 e. The minimum absolute atomic E-state index is 0.0471. The van der Waals surface area contributed by atoms with Crippen LogP contribution in [0.1, 0.15) is 45.2 Å². The fraction of sp³-hybridized carbons (Fsp3) is 0.321. The first-order valence-corrected chi connectivity index (χ1v) is 11.6. The highest BCUT2D eigenvalue weighted by Gasteiger charge is 2.45. The maximum Gasteiger partial charge on any atom is 0.172 e. The number of hydrazone groups is 1. The number of alkyl halides is 1. The topological polar surface area (TPSA) is 71.1 Å². The summed E-state index contributed by atoms with van der Waals surface area (Å²) in [6, 6.07) is 9.67. The van der Waals surface area contributed by atoms with E-state index in [1.54, 1.807) is 30.5 Å². The average molecular weight is 500 g/mol. The van der Waals surface area contributed by atoms with Gasteiger partial charge in [0, 0.05) is 24.1 Å². The van der Waals surface area contributed by atoms with Gasteiger partial charge in [0.2, 0.25) is 0 Å². The van der Waals surface area contributed by atoms with Gasteiger partial charge < -0.3 is 15.6 Å². The zero-order valence-corrected chi connectivity index (χ0v) is 20.9. The molecular formula is C28H32F3N3O2. The number of benzene rings is 2. The third-order valence-electron chi connectivity index (χ3n) is 6.35. The molecule has 192 valence electrons. The van der Waals surface area contributed by atoms with E-state index in [1.165, 1.54) is 37.1 Å². The Bertz CT molecular complexity index is 1200. The Hall–Kier alpha value is -3.52. The number of allylic oxidation sites excluding steroid dienone is 3. The van der Waals surface area contributed by atoms with Gasteiger partial charge in [0.25, 0.3) is 0 Å². The lowest BCUT2D eigenvalue weighted by Crippen LogP contribution is -2.45. The van der Waals surface area contributed by atoms with Gasteiger partial charge in [0.1, 0.15) is 22.9 Å². The standard InChI is InChI=1S/C28H32F3N3O2/c1-18(2)26(32)33-34-15-13-20(17-19(34)3)23-7-6-8-24(25(23)30)36-16-14-27(4,31)28(5,35)21-9-11-22(29)12-10-21/h6-13,15,17-18,35H,3,14,16H2,1-2,4-5H3,(H2,32,33). The molecule has 1 aliphatic rings. The molecule has 8 heteroatoms. The molecule has 2 aromatic rings. The maximum atomic E-state index is 15.5. The van der Waals surface area contributed by atoms with Crippen molar-refractivity contribution in [3.8, 4) is 5.75 Å². The zero-order valence-electron chi connectivity index (χ0n) is 20.9. The molecule has 0 fully saturated rings. The van der Waals surface area contributed by atoms with Crippen molar-refractivity contribution < 1.29 is 23.0 Å². The van der Waals surface area contributed by atoms with Gasteiger partial charge in [-0.15, -0.1) is 0 Å². The second kappa shape index (κ2) is 10.6. The quantitative estimate of drug-likeness (QED) is 0.327. The average Bonchev–Trinajstić information content (AvgIpc) is 2.81. The number of aliphatic hydroxyl groups is 1. The predicted molar refractivity (Wildman–Crippen MR) is 137 cm³/mol. The summed E-state index contributed by atoms with van der Waals surface area (Å²) in [7, 11) is 0. The molecule has 3 N–H and O–H groups in total. The van der Waals surface area contributed by atoms with Crippen LogP contribution in [0.4, 0.5) is 13.2 Å². The van der Waals surface area contributed by atoms with Crippen molar-refractivity contribution in [1.82, 2.24) is 5.01 Å². The molecule has 2 unspecified atom stereocenters. The van der Waals surface area contributed by atoms with E-state index in [4.69, 9.17) is 10.5 Å². The number of hydrogen-bond donors (Lipinski definition) is 2. The van der Waals surface area contributed by atoms with Crippen molar-refractivity contribution in [3.05, 3.63) is 95.9 Å². The van der Waals surface area contributed by atoms with E-state index in [0.29, 0.717) is 17.1 Å². The SMILES string of the molecule is C=C1C=C(c2cccc(OCCC(C)(F)C(C)(O)c3ccc(F)cc3)c2F)C=CN1/N=C(/N)C(C)C. The van der Waals surface area contributed by atoms with Crippen molar-refractivity contribution in [2.24, 2.45) is 16.8 Å². The van der Waals surface area contributed by atoms with Crippen molar-refractivity contribution in [1.29, 1.82) is 0 Å². The lowest BCUT2D eigenvalue weighted by atomic mass is 9.79. The summed E-state index contributed by atoms with van der Waals surface area (Å²) in [5.74, 6) is -0.633. The third kappa shape index (κ3) is 5.82. The Kier molecular flexibility index (Phi) is 7.99. The predicted octanol–water partition coefficient (Wildman–Crippen LogP) is 6.02. The van der Waals surface area contributed by atoms with Crippen LogP contribution in [0.15, 0.2) is 78.2 Å². The minimum atomic E-state index is -2.13. The number of halogens is 3. The van der Waals surface area contributed by atoms with Crippen LogP contribution in [-0.2, 0) is 5.60 Å². The van der Waals surface area contributed by atoms with E-state index in [2.05, 4.69) is 11.7 Å². The number of ether oxygens (including phenoxy) is 1. The fourth-order valence-corrected chi connectivity index (χ4v) is 3.56. The van der Waals surface area contributed by atoms with Gasteiger partial charge >= 0.3 is 0 Å². The van der Waals surface area contributed by atoms with Crippen LogP contribution in [0.25, 0.3) is 5.57 Å². The maximum absolute atomic E-state index is 15.5. The Morgan fingerprint density at radius 3 is 2.44 bits per heavy atom. The highest BCUT2D eigenvalue weighted by molar-refractivity contribution is 5.82. The number of hydrogen-bond acceptors (Lipinski definition) is 4. The van der Waals surface area contributed by atoms with Crippen LogP contribution in [0.5, 0.6) is 5.75 Å². The van der Waals surface area contributed by atoms with E-state index < -0.39 is 22.9 Å². The Balaban J connectivity index is 1.71. The summed E-state index contributed by atoms with van der Waals surface area (Å²) in [4.78, 5) is 0. The van der Waals surface area contributed by atoms with Crippen molar-refractivity contribution >= 4 is 11.4 Å². The van der Waals surface area contributed by atoms with Gasteiger partial charge in [-0.2, -0.15) is 5.10 Å². The molecule has 0 bridgehead atoms. The van der Waals surface area contributed by atoms with E-state index in [-0.39, 0.29) is 35.8 Å². The molecule has 0 saturated heterocycles. The summed E-state index contributed by atoms with van der Waals surface area (Å²) >= 11 is 0. The van der Waals surface area contributed by atoms with Gasteiger partial charge in [-0.25, -0.2) is 18.2 Å². The van der Waals surface area contributed by atoms with Crippen LogP contribution >= 0.6 is 0 Å². The molecule has 3 rings (SSSR count). The lowest BCUT2D eigenvalue weighted by molar-refractivity contribution is -0.0955. The molecule has 0 aliphatic carbocycles. The number of nitrogens with two attached hydrogens (primary N) is 1. The normalized spacial score (nSPS) is 17.6. The van der Waals surface area contributed by atoms with Gasteiger partial charge in [0.15, 0.2) is 11.6 Å². The molecule has 36 heavy (non-hydrogen) atoms. The minimum Gasteiger partial charge on any atom is -0.490 e. The van der Waals surface area contributed by atoms with E-state index in [9.17, 15) is 9.50 Å². The molecule has 5 nitrogen and oxygen atoms in total. The Labute approximate surface area is 210 Å². The van der Waals surface area contributed by atoms with Crippen LogP contribution < -0.4 is 10.5 Å². The van der Waals surface area contributed by atoms with Gasteiger partial charge in [-0.1, -0.05) is 44.7 Å². The molecule has 0 aromatic heterocycles.